The van der Waals surface area contributed by atoms with Crippen molar-refractivity contribution >= 4 is 39.8 Å². The Labute approximate surface area is 166 Å². The Morgan fingerprint density at radius 3 is 2.96 bits per heavy atom. The van der Waals surface area contributed by atoms with E-state index in [-0.39, 0.29) is 12.1 Å². The fraction of sp³-hybridized carbons (Fsp3) is 0.471. The molecule has 0 bridgehead atoms. The van der Waals surface area contributed by atoms with Crippen LogP contribution >= 0.6 is 22.9 Å². The first-order chi connectivity index (χ1) is 13.1. The van der Waals surface area contributed by atoms with Gasteiger partial charge in [0, 0.05) is 31.0 Å². The van der Waals surface area contributed by atoms with Gasteiger partial charge in [-0.05, 0) is 0 Å². The molecule has 1 fully saturated rings. The Bertz CT molecular complexity index is 855. The number of aromatic nitrogens is 2. The number of hydrogen-bond acceptors (Lipinski definition) is 7. The molecule has 0 spiro atoms. The standard InChI is InChI=1S/C17H20ClN5O3S/c1-25-11-7-23(8-11)17(24)21-16-20-12-3-4-22(9-14(12)27-16)10-5-13(26-2)15(18)19-6-10/h5-6,11H,3-4,7-9H2,1-2H3,(H,20,21,24). The second-order valence-electron chi connectivity index (χ2n) is 6.44. The number of halogens is 1. The van der Waals surface area contributed by atoms with Crippen LogP contribution in [0.15, 0.2) is 12.3 Å². The van der Waals surface area contributed by atoms with Gasteiger partial charge in [-0.2, -0.15) is 0 Å². The van der Waals surface area contributed by atoms with Gasteiger partial charge in [0.2, 0.25) is 0 Å². The van der Waals surface area contributed by atoms with E-state index < -0.39 is 0 Å². The monoisotopic (exact) mass is 409 g/mol. The molecular formula is C17H20ClN5O3S. The van der Waals surface area contributed by atoms with Crippen LogP contribution in [0.1, 0.15) is 10.6 Å². The number of anilines is 2. The highest BCUT2D eigenvalue weighted by Gasteiger charge is 2.31. The molecule has 27 heavy (non-hydrogen) atoms. The van der Waals surface area contributed by atoms with Gasteiger partial charge in [-0.1, -0.05) is 22.9 Å². The summed E-state index contributed by atoms with van der Waals surface area (Å²) in [5.41, 5.74) is 1.99. The fourth-order valence-electron chi connectivity index (χ4n) is 3.13. The summed E-state index contributed by atoms with van der Waals surface area (Å²) < 4.78 is 10.5. The third-order valence-electron chi connectivity index (χ3n) is 4.79. The number of methoxy groups -OCH3 is 2. The van der Waals surface area contributed by atoms with E-state index in [1.807, 2.05) is 6.07 Å². The lowest BCUT2D eigenvalue weighted by Gasteiger charge is -2.37. The van der Waals surface area contributed by atoms with E-state index in [0.29, 0.717) is 35.7 Å². The van der Waals surface area contributed by atoms with Gasteiger partial charge in [0.05, 0.1) is 50.4 Å². The molecule has 4 heterocycles. The van der Waals surface area contributed by atoms with Crippen LogP contribution in [0.4, 0.5) is 15.6 Å². The highest BCUT2D eigenvalue weighted by atomic mass is 35.5. The van der Waals surface area contributed by atoms with Crippen molar-refractivity contribution in [2.24, 2.45) is 0 Å². The van der Waals surface area contributed by atoms with Crippen LogP contribution in [-0.4, -0.2) is 60.9 Å². The van der Waals surface area contributed by atoms with Gasteiger partial charge in [-0.15, -0.1) is 0 Å². The number of fused-ring (bicyclic) bond motifs is 1. The molecule has 2 aromatic heterocycles. The molecule has 1 N–H and O–H groups in total. The van der Waals surface area contributed by atoms with Gasteiger partial charge in [0.25, 0.3) is 0 Å². The van der Waals surface area contributed by atoms with Gasteiger partial charge in [-0.3, -0.25) is 5.32 Å². The van der Waals surface area contributed by atoms with Crippen molar-refractivity contribution in [3.8, 4) is 5.75 Å². The number of pyridine rings is 1. The molecule has 0 atom stereocenters. The SMILES string of the molecule is COc1cc(N2CCc3nc(NC(=O)N4CC(OC)C4)sc3C2)cnc1Cl. The van der Waals surface area contributed by atoms with E-state index in [1.165, 1.54) is 11.3 Å². The summed E-state index contributed by atoms with van der Waals surface area (Å²) in [4.78, 5) is 26.1. The number of rotatable bonds is 4. The minimum atomic E-state index is -0.127. The number of nitrogens with one attached hydrogen (secondary N) is 1. The number of urea groups is 1. The molecule has 2 aromatic rings. The largest absolute Gasteiger partial charge is 0.493 e. The van der Waals surface area contributed by atoms with Crippen LogP contribution in [0, 0.1) is 0 Å². The highest BCUT2D eigenvalue weighted by Crippen LogP contribution is 2.33. The molecule has 144 valence electrons. The third-order valence-corrected chi connectivity index (χ3v) is 6.07. The molecule has 4 rings (SSSR count). The maximum Gasteiger partial charge on any atom is 0.323 e. The first-order valence-electron chi connectivity index (χ1n) is 8.59. The minimum Gasteiger partial charge on any atom is -0.493 e. The van der Waals surface area contributed by atoms with Crippen molar-refractivity contribution < 1.29 is 14.3 Å². The zero-order valence-corrected chi connectivity index (χ0v) is 16.6. The van der Waals surface area contributed by atoms with E-state index in [4.69, 9.17) is 21.1 Å². The van der Waals surface area contributed by atoms with Crippen molar-refractivity contribution in [1.29, 1.82) is 0 Å². The molecule has 8 nitrogen and oxygen atoms in total. The van der Waals surface area contributed by atoms with Gasteiger partial charge in [0.15, 0.2) is 16.0 Å². The van der Waals surface area contributed by atoms with Gasteiger partial charge in [-0.25, -0.2) is 14.8 Å². The van der Waals surface area contributed by atoms with Crippen molar-refractivity contribution in [3.05, 3.63) is 28.0 Å². The zero-order chi connectivity index (χ0) is 19.0. The van der Waals surface area contributed by atoms with E-state index in [9.17, 15) is 4.79 Å². The molecule has 0 aromatic carbocycles. The first-order valence-corrected chi connectivity index (χ1v) is 9.78. The first kappa shape index (κ1) is 18.3. The topological polar surface area (TPSA) is 79.8 Å². The van der Waals surface area contributed by atoms with Crippen LogP contribution in [0.25, 0.3) is 0 Å². The molecule has 0 unspecified atom stereocenters. The summed E-state index contributed by atoms with van der Waals surface area (Å²) >= 11 is 7.53. The number of ether oxygens (including phenoxy) is 2. The molecule has 2 aliphatic heterocycles. The van der Waals surface area contributed by atoms with E-state index >= 15 is 0 Å². The third kappa shape index (κ3) is 3.67. The Morgan fingerprint density at radius 2 is 2.22 bits per heavy atom. The van der Waals surface area contributed by atoms with Crippen LogP contribution in [0.5, 0.6) is 5.75 Å². The summed E-state index contributed by atoms with van der Waals surface area (Å²) in [5.74, 6) is 0.557. The lowest BCUT2D eigenvalue weighted by Crippen LogP contribution is -2.55. The second-order valence-corrected chi connectivity index (χ2v) is 7.88. The van der Waals surface area contributed by atoms with Crippen LogP contribution < -0.4 is 15.0 Å². The minimum absolute atomic E-state index is 0.127. The molecule has 2 aliphatic rings. The summed E-state index contributed by atoms with van der Waals surface area (Å²) in [6.07, 6.45) is 2.69. The summed E-state index contributed by atoms with van der Waals surface area (Å²) in [6, 6.07) is 1.76. The Balaban J connectivity index is 1.42. The summed E-state index contributed by atoms with van der Waals surface area (Å²) in [6.45, 7) is 2.77. The number of carbonyl (C=O) groups excluding carboxylic acids is 1. The van der Waals surface area contributed by atoms with Crippen molar-refractivity contribution in [1.82, 2.24) is 14.9 Å². The Kier molecular flexibility index (Phi) is 5.07. The number of likely N-dealkylation sites (tertiary alicyclic amines) is 1. The molecule has 0 aliphatic carbocycles. The normalized spacial score (nSPS) is 16.7. The van der Waals surface area contributed by atoms with Crippen LogP contribution in [-0.2, 0) is 17.7 Å². The molecule has 2 amide bonds. The smallest absolute Gasteiger partial charge is 0.323 e. The Morgan fingerprint density at radius 1 is 1.41 bits per heavy atom. The van der Waals surface area contributed by atoms with E-state index in [0.717, 1.165) is 29.2 Å². The average Bonchev–Trinajstić information content (AvgIpc) is 3.02. The van der Waals surface area contributed by atoms with E-state index in [1.54, 1.807) is 25.3 Å². The van der Waals surface area contributed by atoms with Crippen molar-refractivity contribution in [2.75, 3.05) is 44.1 Å². The lowest BCUT2D eigenvalue weighted by molar-refractivity contribution is -0.00465. The van der Waals surface area contributed by atoms with Gasteiger partial charge in [0.1, 0.15) is 0 Å². The summed E-state index contributed by atoms with van der Waals surface area (Å²) in [5, 5.41) is 3.89. The van der Waals surface area contributed by atoms with Gasteiger partial charge >= 0.3 is 6.03 Å². The molecule has 0 saturated carbocycles. The number of thiazole rings is 1. The average molecular weight is 410 g/mol. The quantitative estimate of drug-likeness (QED) is 0.782. The number of carbonyl (C=O) groups is 1. The molecule has 10 heteroatoms. The second kappa shape index (κ2) is 7.49. The molecule has 0 radical (unpaired) electrons. The van der Waals surface area contributed by atoms with Crippen LogP contribution in [0.2, 0.25) is 5.15 Å². The maximum atomic E-state index is 12.2. The predicted molar refractivity (Wildman–Crippen MR) is 104 cm³/mol. The lowest BCUT2D eigenvalue weighted by atomic mass is 10.1. The van der Waals surface area contributed by atoms with E-state index in [2.05, 4.69) is 20.2 Å². The zero-order valence-electron chi connectivity index (χ0n) is 15.1. The maximum absolute atomic E-state index is 12.2. The summed E-state index contributed by atoms with van der Waals surface area (Å²) in [7, 11) is 3.23. The number of hydrogen-bond donors (Lipinski definition) is 1. The molecular weight excluding hydrogens is 390 g/mol. The molecule has 1 saturated heterocycles. The highest BCUT2D eigenvalue weighted by molar-refractivity contribution is 7.15. The van der Waals surface area contributed by atoms with Crippen molar-refractivity contribution in [2.45, 2.75) is 19.1 Å². The number of nitrogens with zero attached hydrogens (tertiary/aromatic N) is 4. The van der Waals surface area contributed by atoms with Gasteiger partial charge < -0.3 is 19.3 Å². The van der Waals surface area contributed by atoms with Crippen LogP contribution in [0.3, 0.4) is 0 Å². The predicted octanol–water partition coefficient (Wildman–Crippen LogP) is 2.63. The number of amides is 2. The Hall–Kier alpha value is -2.10. The van der Waals surface area contributed by atoms with Crippen molar-refractivity contribution in [3.63, 3.8) is 0 Å². The fourth-order valence-corrected chi connectivity index (χ4v) is 4.32.